The van der Waals surface area contributed by atoms with Crippen LogP contribution in [0.25, 0.3) is 0 Å². The van der Waals surface area contributed by atoms with Crippen LogP contribution in [0.1, 0.15) is 23.6 Å². The molecule has 1 unspecified atom stereocenters. The van der Waals surface area contributed by atoms with Gasteiger partial charge in [-0.3, -0.25) is 0 Å². The van der Waals surface area contributed by atoms with E-state index >= 15 is 0 Å². The average Bonchev–Trinajstić information content (AvgIpc) is 2.64. The van der Waals surface area contributed by atoms with Crippen LogP contribution >= 0.6 is 0 Å². The number of epoxide rings is 1. The van der Waals surface area contributed by atoms with Gasteiger partial charge in [0.25, 0.3) is 0 Å². The molecule has 1 heterocycles. The van der Waals surface area contributed by atoms with Gasteiger partial charge in [-0.05, 0) is 26.3 Å². The first kappa shape index (κ1) is 8.76. The summed E-state index contributed by atoms with van der Waals surface area (Å²) in [5, 5.41) is 0. The first-order chi connectivity index (χ1) is 6.07. The van der Waals surface area contributed by atoms with Gasteiger partial charge in [0.15, 0.2) is 0 Å². The van der Waals surface area contributed by atoms with E-state index in [1.165, 1.54) is 16.7 Å². The fraction of sp³-hybridized carbons (Fsp3) is 0.500. The third-order valence-corrected chi connectivity index (χ3v) is 2.50. The van der Waals surface area contributed by atoms with Crippen molar-refractivity contribution in [3.05, 3.63) is 34.9 Å². The quantitative estimate of drug-likeness (QED) is 0.631. The Morgan fingerprint density at radius 1 is 1.23 bits per heavy atom. The molecule has 1 heteroatoms. The molecule has 1 aliphatic rings. The minimum Gasteiger partial charge on any atom is -0.370 e. The normalized spacial score (nSPS) is 26.1. The van der Waals surface area contributed by atoms with Crippen molar-refractivity contribution in [1.82, 2.24) is 0 Å². The minimum atomic E-state index is 0.139. The number of aryl methyl sites for hydroxylation is 2. The second-order valence-electron chi connectivity index (χ2n) is 4.41. The van der Waals surface area contributed by atoms with Crippen LogP contribution in [-0.2, 0) is 11.2 Å². The van der Waals surface area contributed by atoms with Crippen LogP contribution in [0.4, 0.5) is 0 Å². The monoisotopic (exact) mass is 176 g/mol. The molecule has 0 spiro atoms. The van der Waals surface area contributed by atoms with Gasteiger partial charge in [0.2, 0.25) is 0 Å². The van der Waals surface area contributed by atoms with Gasteiger partial charge in [-0.1, -0.05) is 29.3 Å². The summed E-state index contributed by atoms with van der Waals surface area (Å²) in [7, 11) is 0. The maximum Gasteiger partial charge on any atom is 0.0928 e. The van der Waals surface area contributed by atoms with E-state index in [0.29, 0.717) is 0 Å². The third-order valence-electron chi connectivity index (χ3n) is 2.50. The topological polar surface area (TPSA) is 12.5 Å². The molecule has 70 valence electrons. The van der Waals surface area contributed by atoms with Gasteiger partial charge in [-0.15, -0.1) is 0 Å². The van der Waals surface area contributed by atoms with E-state index in [1.807, 2.05) is 0 Å². The van der Waals surface area contributed by atoms with Crippen molar-refractivity contribution in [3.63, 3.8) is 0 Å². The molecule has 1 nitrogen and oxygen atoms in total. The average molecular weight is 176 g/mol. The molecule has 0 amide bonds. The van der Waals surface area contributed by atoms with Crippen molar-refractivity contribution in [2.75, 3.05) is 6.61 Å². The predicted octanol–water partition coefficient (Wildman–Crippen LogP) is 2.63. The Morgan fingerprint density at radius 3 is 2.23 bits per heavy atom. The van der Waals surface area contributed by atoms with E-state index in [0.717, 1.165) is 13.0 Å². The molecule has 0 saturated carbocycles. The van der Waals surface area contributed by atoms with E-state index in [4.69, 9.17) is 4.74 Å². The Labute approximate surface area is 79.7 Å². The summed E-state index contributed by atoms with van der Waals surface area (Å²) in [6, 6.07) is 6.71. The Balaban J connectivity index is 2.20. The van der Waals surface area contributed by atoms with E-state index < -0.39 is 0 Å². The summed E-state index contributed by atoms with van der Waals surface area (Å²) in [6.45, 7) is 7.38. The fourth-order valence-electron chi connectivity index (χ4n) is 1.83. The molecule has 1 saturated heterocycles. The van der Waals surface area contributed by atoms with Gasteiger partial charge in [-0.25, -0.2) is 0 Å². The molecule has 1 fully saturated rings. The molecule has 1 atom stereocenters. The molecular weight excluding hydrogens is 160 g/mol. The Hall–Kier alpha value is -0.820. The summed E-state index contributed by atoms with van der Waals surface area (Å²) in [5.74, 6) is 0. The van der Waals surface area contributed by atoms with Crippen molar-refractivity contribution in [1.29, 1.82) is 0 Å². The van der Waals surface area contributed by atoms with Gasteiger partial charge >= 0.3 is 0 Å². The molecule has 0 radical (unpaired) electrons. The number of rotatable bonds is 2. The molecule has 0 aromatic heterocycles. The number of benzene rings is 1. The molecule has 1 aromatic rings. The molecular formula is C12H16O. The van der Waals surface area contributed by atoms with E-state index in [-0.39, 0.29) is 5.60 Å². The van der Waals surface area contributed by atoms with Crippen molar-refractivity contribution in [3.8, 4) is 0 Å². The highest BCUT2D eigenvalue weighted by Gasteiger charge is 2.38. The Kier molecular flexibility index (Phi) is 1.92. The summed E-state index contributed by atoms with van der Waals surface area (Å²) < 4.78 is 5.38. The maximum atomic E-state index is 5.38. The van der Waals surface area contributed by atoms with Gasteiger partial charge < -0.3 is 4.74 Å². The van der Waals surface area contributed by atoms with Gasteiger partial charge in [0.1, 0.15) is 0 Å². The molecule has 0 aliphatic carbocycles. The first-order valence-electron chi connectivity index (χ1n) is 4.79. The second kappa shape index (κ2) is 2.85. The van der Waals surface area contributed by atoms with Crippen LogP contribution in [0.15, 0.2) is 18.2 Å². The van der Waals surface area contributed by atoms with Crippen LogP contribution in [0.3, 0.4) is 0 Å². The lowest BCUT2D eigenvalue weighted by Gasteiger charge is -2.07. The lowest BCUT2D eigenvalue weighted by Crippen LogP contribution is -2.08. The molecule has 0 N–H and O–H groups in total. The van der Waals surface area contributed by atoms with Crippen molar-refractivity contribution < 1.29 is 4.74 Å². The third kappa shape index (κ3) is 2.10. The zero-order chi connectivity index (χ0) is 9.47. The second-order valence-corrected chi connectivity index (χ2v) is 4.41. The highest BCUT2D eigenvalue weighted by Crippen LogP contribution is 2.30. The molecule has 13 heavy (non-hydrogen) atoms. The standard InChI is InChI=1S/C12H16O/c1-9-4-10(2)6-11(5-9)7-12(3)8-13-12/h4-6H,7-8H2,1-3H3. The van der Waals surface area contributed by atoms with Gasteiger partial charge in [-0.2, -0.15) is 0 Å². The van der Waals surface area contributed by atoms with Crippen molar-refractivity contribution in [2.45, 2.75) is 32.8 Å². The maximum absolute atomic E-state index is 5.38. The number of ether oxygens (including phenoxy) is 1. The van der Waals surface area contributed by atoms with Crippen LogP contribution in [0, 0.1) is 13.8 Å². The fourth-order valence-corrected chi connectivity index (χ4v) is 1.83. The van der Waals surface area contributed by atoms with Crippen LogP contribution in [0.2, 0.25) is 0 Å². The number of hydrogen-bond donors (Lipinski definition) is 0. The first-order valence-corrected chi connectivity index (χ1v) is 4.79. The van der Waals surface area contributed by atoms with Crippen molar-refractivity contribution in [2.24, 2.45) is 0 Å². The lowest BCUT2D eigenvalue weighted by molar-refractivity contribution is 0.322. The molecule has 1 aliphatic heterocycles. The van der Waals surface area contributed by atoms with E-state index in [9.17, 15) is 0 Å². The van der Waals surface area contributed by atoms with Crippen LogP contribution < -0.4 is 0 Å². The predicted molar refractivity (Wildman–Crippen MR) is 54.0 cm³/mol. The molecule has 2 rings (SSSR count). The minimum absolute atomic E-state index is 0.139. The van der Waals surface area contributed by atoms with Gasteiger partial charge in [0.05, 0.1) is 12.2 Å². The zero-order valence-electron chi connectivity index (χ0n) is 8.55. The SMILES string of the molecule is Cc1cc(C)cc(CC2(C)CO2)c1. The summed E-state index contributed by atoms with van der Waals surface area (Å²) in [6.07, 6.45) is 1.05. The summed E-state index contributed by atoms with van der Waals surface area (Å²) >= 11 is 0. The van der Waals surface area contributed by atoms with E-state index in [1.54, 1.807) is 0 Å². The number of hydrogen-bond acceptors (Lipinski definition) is 1. The summed E-state index contributed by atoms with van der Waals surface area (Å²) in [4.78, 5) is 0. The summed E-state index contributed by atoms with van der Waals surface area (Å²) in [5.41, 5.74) is 4.23. The Morgan fingerprint density at radius 2 is 1.77 bits per heavy atom. The highest BCUT2D eigenvalue weighted by atomic mass is 16.6. The highest BCUT2D eigenvalue weighted by molar-refractivity contribution is 5.30. The smallest absolute Gasteiger partial charge is 0.0928 e. The Bertz CT molecular complexity index is 304. The molecule has 0 bridgehead atoms. The zero-order valence-corrected chi connectivity index (χ0v) is 8.55. The van der Waals surface area contributed by atoms with Crippen LogP contribution in [-0.4, -0.2) is 12.2 Å². The van der Waals surface area contributed by atoms with E-state index in [2.05, 4.69) is 39.0 Å². The molecule has 1 aromatic carbocycles. The van der Waals surface area contributed by atoms with Crippen LogP contribution in [0.5, 0.6) is 0 Å². The largest absolute Gasteiger partial charge is 0.370 e. The van der Waals surface area contributed by atoms with Crippen molar-refractivity contribution >= 4 is 0 Å². The van der Waals surface area contributed by atoms with Gasteiger partial charge in [0, 0.05) is 6.42 Å². The lowest BCUT2D eigenvalue weighted by atomic mass is 9.98.